The smallest absolute Gasteiger partial charge is 0.410 e. The lowest BCUT2D eigenvalue weighted by Crippen LogP contribution is -2.37. The maximum Gasteiger partial charge on any atom is 0.417 e. The van der Waals surface area contributed by atoms with E-state index in [2.05, 4.69) is 15.2 Å². The summed E-state index contributed by atoms with van der Waals surface area (Å²) in [4.78, 5) is 28.6. The van der Waals surface area contributed by atoms with Crippen LogP contribution in [0.15, 0.2) is 90.1 Å². The highest BCUT2D eigenvalue weighted by molar-refractivity contribution is 7.86. The number of para-hydroxylation sites is 1. The monoisotopic (exact) mass is 541 g/mol. The molecule has 1 saturated carbocycles. The second-order valence-electron chi connectivity index (χ2n) is 9.37. The van der Waals surface area contributed by atoms with E-state index in [1.165, 1.54) is 0 Å². The van der Waals surface area contributed by atoms with E-state index in [1.54, 1.807) is 48.7 Å². The van der Waals surface area contributed by atoms with Gasteiger partial charge in [-0.3, -0.25) is 9.53 Å². The van der Waals surface area contributed by atoms with Gasteiger partial charge in [0.2, 0.25) is 0 Å². The molecular formula is C29H27N5O4S. The quantitative estimate of drug-likeness (QED) is 0.356. The Morgan fingerprint density at radius 3 is 2.38 bits per heavy atom. The minimum Gasteiger partial charge on any atom is -0.410 e. The van der Waals surface area contributed by atoms with Crippen LogP contribution in [0.25, 0.3) is 11.4 Å². The van der Waals surface area contributed by atoms with Gasteiger partial charge in [-0.1, -0.05) is 24.3 Å². The fraction of sp³-hybridized carbons (Fsp3) is 0.241. The number of amides is 1. The summed E-state index contributed by atoms with van der Waals surface area (Å²) in [5.41, 5.74) is 2.12. The largest absolute Gasteiger partial charge is 0.417 e. The van der Waals surface area contributed by atoms with Gasteiger partial charge in [0.25, 0.3) is 0 Å². The number of carbonyl (C=O) groups excluding carboxylic acids is 1. The standard InChI is InChI=1S/C29H27N5O4S/c35-28(38-23-6-2-1-3-7-23)31-22-11-9-21(10-12-22)27-32-24(20-25(33-27)34-16-18-37-19-17-34)29(13-14-29)39(36)26-8-4-5-15-30-26/h1-12,15,20H,13-14,16-19H2,(H,31,35). The number of hydrogen-bond donors (Lipinski definition) is 1. The second kappa shape index (κ2) is 10.9. The number of morpholine rings is 1. The Morgan fingerprint density at radius 1 is 0.949 bits per heavy atom. The van der Waals surface area contributed by atoms with Crippen LogP contribution < -0.4 is 15.0 Å². The molecule has 1 unspecified atom stereocenters. The number of pyridine rings is 1. The maximum absolute atomic E-state index is 13.6. The minimum atomic E-state index is -1.34. The zero-order chi connectivity index (χ0) is 26.7. The Morgan fingerprint density at radius 2 is 1.69 bits per heavy atom. The molecular weight excluding hydrogens is 514 g/mol. The zero-order valence-corrected chi connectivity index (χ0v) is 22.0. The molecule has 0 bridgehead atoms. The van der Waals surface area contributed by atoms with Crippen LogP contribution in [0.4, 0.5) is 16.3 Å². The van der Waals surface area contributed by atoms with E-state index in [0.717, 1.165) is 43.0 Å². The van der Waals surface area contributed by atoms with Crippen LogP contribution in [-0.2, 0) is 20.3 Å². The first-order chi connectivity index (χ1) is 19.1. The number of hydrogen-bond acceptors (Lipinski definition) is 8. The summed E-state index contributed by atoms with van der Waals surface area (Å²) >= 11 is 0. The Balaban J connectivity index is 1.28. The third-order valence-electron chi connectivity index (χ3n) is 6.74. The van der Waals surface area contributed by atoms with Gasteiger partial charge in [0, 0.05) is 36.6 Å². The molecule has 2 aromatic heterocycles. The summed E-state index contributed by atoms with van der Waals surface area (Å²) in [5, 5.41) is 3.30. The fourth-order valence-corrected chi connectivity index (χ4v) is 6.03. The summed E-state index contributed by atoms with van der Waals surface area (Å²) in [7, 11) is -1.34. The predicted molar refractivity (Wildman–Crippen MR) is 148 cm³/mol. The lowest BCUT2D eigenvalue weighted by molar-refractivity contribution is 0.122. The molecule has 9 nitrogen and oxygen atoms in total. The number of carbonyl (C=O) groups is 1. The molecule has 0 spiro atoms. The number of benzene rings is 2. The van der Waals surface area contributed by atoms with E-state index < -0.39 is 21.6 Å². The summed E-state index contributed by atoms with van der Waals surface area (Å²) in [6.07, 6.45) is 2.62. The highest BCUT2D eigenvalue weighted by Crippen LogP contribution is 2.52. The predicted octanol–water partition coefficient (Wildman–Crippen LogP) is 4.78. The van der Waals surface area contributed by atoms with Crippen LogP contribution in [0.3, 0.4) is 0 Å². The van der Waals surface area contributed by atoms with Crippen molar-refractivity contribution in [3.63, 3.8) is 0 Å². The molecule has 2 aromatic carbocycles. The van der Waals surface area contributed by atoms with Crippen molar-refractivity contribution >= 4 is 28.4 Å². The van der Waals surface area contributed by atoms with E-state index in [1.807, 2.05) is 36.4 Å². The number of rotatable bonds is 7. The molecule has 6 rings (SSSR count). The van der Waals surface area contributed by atoms with Crippen LogP contribution in [0, 0.1) is 0 Å². The van der Waals surface area contributed by atoms with Crippen molar-refractivity contribution in [3.05, 3.63) is 90.8 Å². The van der Waals surface area contributed by atoms with Gasteiger partial charge in [-0.15, -0.1) is 0 Å². The lowest BCUT2D eigenvalue weighted by Gasteiger charge is -2.29. The van der Waals surface area contributed by atoms with Gasteiger partial charge in [-0.25, -0.2) is 19.7 Å². The summed E-state index contributed by atoms with van der Waals surface area (Å²) < 4.78 is 23.9. The Bertz CT molecular complexity index is 1480. The van der Waals surface area contributed by atoms with Gasteiger partial charge in [0.1, 0.15) is 16.6 Å². The normalized spacial score (nSPS) is 16.8. The fourth-order valence-electron chi connectivity index (χ4n) is 4.50. The van der Waals surface area contributed by atoms with Crippen molar-refractivity contribution in [1.82, 2.24) is 15.0 Å². The molecule has 1 aliphatic heterocycles. The highest BCUT2D eigenvalue weighted by Gasteiger charge is 2.53. The third-order valence-corrected chi connectivity index (χ3v) is 8.69. The van der Waals surface area contributed by atoms with Crippen molar-refractivity contribution in [1.29, 1.82) is 0 Å². The average molecular weight is 542 g/mol. The van der Waals surface area contributed by atoms with Gasteiger partial charge < -0.3 is 14.4 Å². The SMILES string of the molecule is O=C(Nc1ccc(-c2nc(N3CCOCC3)cc(C3(S(=O)c4ccccn4)CC3)n2)cc1)Oc1ccccc1. The Labute approximate surface area is 228 Å². The van der Waals surface area contributed by atoms with E-state index in [4.69, 9.17) is 19.4 Å². The van der Waals surface area contributed by atoms with E-state index in [9.17, 15) is 9.00 Å². The lowest BCUT2D eigenvalue weighted by atomic mass is 10.1. The molecule has 1 amide bonds. The van der Waals surface area contributed by atoms with Gasteiger partial charge in [-0.2, -0.15) is 0 Å². The molecule has 39 heavy (non-hydrogen) atoms. The molecule has 1 saturated heterocycles. The van der Waals surface area contributed by atoms with Gasteiger partial charge in [0.05, 0.1) is 34.5 Å². The molecule has 2 aliphatic rings. The van der Waals surface area contributed by atoms with Crippen LogP contribution in [0.2, 0.25) is 0 Å². The number of aromatic nitrogens is 3. The van der Waals surface area contributed by atoms with Crippen LogP contribution in [0.1, 0.15) is 18.5 Å². The van der Waals surface area contributed by atoms with E-state index in [0.29, 0.717) is 35.5 Å². The first-order valence-corrected chi connectivity index (χ1v) is 14.0. The number of anilines is 2. The van der Waals surface area contributed by atoms with Crippen molar-refractivity contribution < 1.29 is 18.5 Å². The second-order valence-corrected chi connectivity index (χ2v) is 11.1. The van der Waals surface area contributed by atoms with Gasteiger partial charge in [0.15, 0.2) is 5.82 Å². The Hall–Kier alpha value is -4.15. The van der Waals surface area contributed by atoms with Crippen molar-refractivity contribution in [3.8, 4) is 17.1 Å². The van der Waals surface area contributed by atoms with Crippen molar-refractivity contribution in [2.45, 2.75) is 22.6 Å². The highest BCUT2D eigenvalue weighted by atomic mass is 32.2. The van der Waals surface area contributed by atoms with Crippen LogP contribution in [-0.4, -0.2) is 51.6 Å². The average Bonchev–Trinajstić information content (AvgIpc) is 3.81. The minimum absolute atomic E-state index is 0.463. The van der Waals surface area contributed by atoms with Crippen LogP contribution in [0.5, 0.6) is 5.75 Å². The molecule has 2 fully saturated rings. The molecule has 1 N–H and O–H groups in total. The molecule has 1 atom stereocenters. The first-order valence-electron chi connectivity index (χ1n) is 12.8. The summed E-state index contributed by atoms with van der Waals surface area (Å²) in [5.74, 6) is 1.79. The molecule has 0 radical (unpaired) electrons. The molecule has 3 heterocycles. The van der Waals surface area contributed by atoms with Crippen molar-refractivity contribution in [2.24, 2.45) is 0 Å². The zero-order valence-electron chi connectivity index (χ0n) is 21.2. The van der Waals surface area contributed by atoms with E-state index in [-0.39, 0.29) is 0 Å². The topological polar surface area (TPSA) is 107 Å². The Kier molecular flexibility index (Phi) is 7.04. The number of nitrogens with zero attached hydrogens (tertiary/aromatic N) is 4. The van der Waals surface area contributed by atoms with Gasteiger partial charge >= 0.3 is 6.09 Å². The van der Waals surface area contributed by atoms with Gasteiger partial charge in [-0.05, 0) is 61.4 Å². The number of ether oxygens (including phenoxy) is 2. The molecule has 198 valence electrons. The third kappa shape index (κ3) is 5.52. The van der Waals surface area contributed by atoms with Crippen LogP contribution >= 0.6 is 0 Å². The molecule has 1 aliphatic carbocycles. The number of nitrogens with one attached hydrogen (secondary N) is 1. The summed E-state index contributed by atoms with van der Waals surface area (Å²) in [6.45, 7) is 2.69. The first kappa shape index (κ1) is 25.1. The molecule has 10 heteroatoms. The van der Waals surface area contributed by atoms with E-state index >= 15 is 0 Å². The van der Waals surface area contributed by atoms with Crippen molar-refractivity contribution in [2.75, 3.05) is 36.5 Å². The maximum atomic E-state index is 13.6. The molecule has 4 aromatic rings. The summed E-state index contributed by atoms with van der Waals surface area (Å²) in [6, 6.07) is 23.6.